The van der Waals surface area contributed by atoms with Crippen LogP contribution in [0.4, 0.5) is 4.79 Å². The Morgan fingerprint density at radius 3 is 2.65 bits per heavy atom. The summed E-state index contributed by atoms with van der Waals surface area (Å²) in [6.45, 7) is 3.83. The molecule has 4 amide bonds. The van der Waals surface area contributed by atoms with E-state index >= 15 is 0 Å². The number of carbonyl (C=O) groups excluding carboxylic acids is 3. The minimum absolute atomic E-state index is 0.0496. The van der Waals surface area contributed by atoms with Gasteiger partial charge in [-0.15, -0.1) is 0 Å². The van der Waals surface area contributed by atoms with Crippen LogP contribution in [0.5, 0.6) is 0 Å². The third-order valence-corrected chi connectivity index (χ3v) is 5.11. The molecule has 0 radical (unpaired) electrons. The molecule has 0 aliphatic carbocycles. The van der Waals surface area contributed by atoms with E-state index in [9.17, 15) is 14.4 Å². The summed E-state index contributed by atoms with van der Waals surface area (Å²) in [7, 11) is 3.02. The number of pyridine rings is 1. The van der Waals surface area contributed by atoms with Crippen molar-refractivity contribution in [3.8, 4) is 0 Å². The summed E-state index contributed by atoms with van der Waals surface area (Å²) in [5.74, 6) is -0.375. The topological polar surface area (TPSA) is 77.1 Å². The van der Waals surface area contributed by atoms with Gasteiger partial charge in [0.05, 0.1) is 6.42 Å². The minimum Gasteiger partial charge on any atom is -0.341 e. The van der Waals surface area contributed by atoms with Crippen LogP contribution in [-0.4, -0.2) is 88.7 Å². The van der Waals surface area contributed by atoms with Gasteiger partial charge >= 0.3 is 6.03 Å². The number of imide groups is 1. The second-order valence-corrected chi connectivity index (χ2v) is 6.88. The van der Waals surface area contributed by atoms with Gasteiger partial charge in [-0.1, -0.05) is 6.07 Å². The lowest BCUT2D eigenvalue weighted by molar-refractivity contribution is -0.136. The van der Waals surface area contributed by atoms with Crippen LogP contribution < -0.4 is 0 Å². The van der Waals surface area contributed by atoms with E-state index in [2.05, 4.69) is 16.0 Å². The first-order chi connectivity index (χ1) is 12.5. The normalized spacial score (nSPS) is 22.1. The Labute approximate surface area is 153 Å². The monoisotopic (exact) mass is 359 g/mol. The van der Waals surface area contributed by atoms with Crippen molar-refractivity contribution in [2.75, 3.05) is 40.3 Å². The number of aromatic nitrogens is 1. The molecular formula is C18H25N5O3. The van der Waals surface area contributed by atoms with Crippen molar-refractivity contribution >= 4 is 17.8 Å². The lowest BCUT2D eigenvalue weighted by atomic mass is 10.1. The molecule has 3 rings (SSSR count). The minimum atomic E-state index is -0.685. The zero-order chi connectivity index (χ0) is 18.7. The summed E-state index contributed by atoms with van der Waals surface area (Å²) >= 11 is 0. The fourth-order valence-corrected chi connectivity index (χ4v) is 3.50. The molecule has 0 unspecified atom stereocenters. The van der Waals surface area contributed by atoms with E-state index in [1.165, 1.54) is 11.9 Å². The van der Waals surface area contributed by atoms with Gasteiger partial charge in [0.1, 0.15) is 6.04 Å². The highest BCUT2D eigenvalue weighted by Crippen LogP contribution is 2.18. The molecule has 140 valence electrons. The first kappa shape index (κ1) is 18.3. The first-order valence-electron chi connectivity index (χ1n) is 8.91. The van der Waals surface area contributed by atoms with Crippen molar-refractivity contribution in [1.29, 1.82) is 0 Å². The van der Waals surface area contributed by atoms with E-state index in [0.717, 1.165) is 36.5 Å². The van der Waals surface area contributed by atoms with E-state index in [4.69, 9.17) is 0 Å². The molecule has 2 aliphatic rings. The van der Waals surface area contributed by atoms with Crippen LogP contribution in [0.3, 0.4) is 0 Å². The molecule has 3 heterocycles. The molecule has 26 heavy (non-hydrogen) atoms. The van der Waals surface area contributed by atoms with Crippen LogP contribution in [0.1, 0.15) is 18.4 Å². The van der Waals surface area contributed by atoms with Crippen LogP contribution in [0.2, 0.25) is 0 Å². The Kier molecular flexibility index (Phi) is 5.51. The van der Waals surface area contributed by atoms with E-state index < -0.39 is 6.04 Å². The fraction of sp³-hybridized carbons (Fsp3) is 0.556. The summed E-state index contributed by atoms with van der Waals surface area (Å²) in [4.78, 5) is 47.4. The summed E-state index contributed by atoms with van der Waals surface area (Å²) in [6, 6.07) is 2.94. The highest BCUT2D eigenvalue weighted by Gasteiger charge is 2.42. The van der Waals surface area contributed by atoms with Crippen LogP contribution in [0.25, 0.3) is 0 Å². The average Bonchev–Trinajstić information content (AvgIpc) is 2.84. The molecule has 0 spiro atoms. The number of urea groups is 1. The highest BCUT2D eigenvalue weighted by atomic mass is 16.2. The Morgan fingerprint density at radius 1 is 1.19 bits per heavy atom. The van der Waals surface area contributed by atoms with E-state index in [1.54, 1.807) is 13.2 Å². The number of nitrogens with zero attached hydrogens (tertiary/aromatic N) is 5. The lowest BCUT2D eigenvalue weighted by Gasteiger charge is -2.24. The second-order valence-electron chi connectivity index (χ2n) is 6.88. The second kappa shape index (κ2) is 7.82. The van der Waals surface area contributed by atoms with Gasteiger partial charge in [0.2, 0.25) is 5.91 Å². The largest absolute Gasteiger partial charge is 0.341 e. The Bertz CT molecular complexity index is 681. The standard InChI is InChI=1S/C18H25N5O3/c1-20-15(17(25)21(2)18(20)26)11-16(24)23-8-4-7-22(9-10-23)13-14-5-3-6-19-12-14/h3,5-6,12,15H,4,7-11,13H2,1-2H3/t15-/m0/s1. The molecule has 8 nitrogen and oxygen atoms in total. The molecule has 0 N–H and O–H groups in total. The van der Waals surface area contributed by atoms with Gasteiger partial charge < -0.3 is 9.80 Å². The van der Waals surface area contributed by atoms with Crippen molar-refractivity contribution in [2.45, 2.75) is 25.4 Å². The molecule has 0 aromatic carbocycles. The van der Waals surface area contributed by atoms with Crippen LogP contribution in [0, 0.1) is 0 Å². The SMILES string of the molecule is CN1C(=O)[C@H](CC(=O)N2CCCN(Cc3cccnc3)CC2)N(C)C1=O. The fourth-order valence-electron chi connectivity index (χ4n) is 3.50. The molecule has 0 bridgehead atoms. The smallest absolute Gasteiger partial charge is 0.326 e. The van der Waals surface area contributed by atoms with Crippen molar-refractivity contribution in [3.63, 3.8) is 0 Å². The number of likely N-dealkylation sites (N-methyl/N-ethyl adjacent to an activating group) is 2. The Morgan fingerprint density at radius 2 is 2.00 bits per heavy atom. The number of hydrogen-bond donors (Lipinski definition) is 0. The molecule has 2 fully saturated rings. The van der Waals surface area contributed by atoms with Gasteiger partial charge in [0.25, 0.3) is 5.91 Å². The molecule has 2 aliphatic heterocycles. The van der Waals surface area contributed by atoms with Gasteiger partial charge in [0.15, 0.2) is 0 Å². The summed E-state index contributed by atoms with van der Waals surface area (Å²) in [5, 5.41) is 0. The van der Waals surface area contributed by atoms with Crippen LogP contribution in [-0.2, 0) is 16.1 Å². The van der Waals surface area contributed by atoms with E-state index in [1.807, 2.05) is 17.2 Å². The molecule has 1 aromatic rings. The molecule has 8 heteroatoms. The third-order valence-electron chi connectivity index (χ3n) is 5.11. The molecule has 0 saturated carbocycles. The van der Waals surface area contributed by atoms with Crippen molar-refractivity contribution in [2.24, 2.45) is 0 Å². The predicted octanol–water partition coefficient (Wildman–Crippen LogP) is 0.398. The summed E-state index contributed by atoms with van der Waals surface area (Å²) in [6.07, 6.45) is 4.56. The zero-order valence-electron chi connectivity index (χ0n) is 15.3. The maximum Gasteiger partial charge on any atom is 0.326 e. The van der Waals surface area contributed by atoms with Crippen molar-refractivity contribution in [1.82, 2.24) is 24.6 Å². The van der Waals surface area contributed by atoms with Crippen LogP contribution in [0.15, 0.2) is 24.5 Å². The van der Waals surface area contributed by atoms with Gasteiger partial charge in [-0.25, -0.2) is 4.79 Å². The van der Waals surface area contributed by atoms with Crippen LogP contribution >= 0.6 is 0 Å². The maximum absolute atomic E-state index is 12.7. The highest BCUT2D eigenvalue weighted by molar-refractivity contribution is 6.05. The molecular weight excluding hydrogens is 334 g/mol. The summed E-state index contributed by atoms with van der Waals surface area (Å²) < 4.78 is 0. The third kappa shape index (κ3) is 3.85. The van der Waals surface area contributed by atoms with Gasteiger partial charge in [-0.05, 0) is 18.1 Å². The first-order valence-corrected chi connectivity index (χ1v) is 8.91. The predicted molar refractivity (Wildman–Crippen MR) is 95.0 cm³/mol. The molecule has 1 atom stereocenters. The van der Waals surface area contributed by atoms with Gasteiger partial charge in [0, 0.05) is 59.2 Å². The maximum atomic E-state index is 12.7. The van der Waals surface area contributed by atoms with E-state index in [-0.39, 0.29) is 24.3 Å². The number of hydrogen-bond acceptors (Lipinski definition) is 5. The van der Waals surface area contributed by atoms with Crippen molar-refractivity contribution in [3.05, 3.63) is 30.1 Å². The number of rotatable bonds is 4. The Hall–Kier alpha value is -2.48. The van der Waals surface area contributed by atoms with E-state index in [0.29, 0.717) is 13.1 Å². The Balaban J connectivity index is 1.54. The summed E-state index contributed by atoms with van der Waals surface area (Å²) in [5.41, 5.74) is 1.16. The van der Waals surface area contributed by atoms with Crippen molar-refractivity contribution < 1.29 is 14.4 Å². The zero-order valence-corrected chi connectivity index (χ0v) is 15.3. The van der Waals surface area contributed by atoms with Gasteiger partial charge in [-0.3, -0.25) is 24.4 Å². The average molecular weight is 359 g/mol. The molecule has 2 saturated heterocycles. The molecule has 1 aromatic heterocycles. The van der Waals surface area contributed by atoms with Gasteiger partial charge in [-0.2, -0.15) is 0 Å². The quantitative estimate of drug-likeness (QED) is 0.727. The number of amides is 4. The number of carbonyl (C=O) groups is 3. The lowest BCUT2D eigenvalue weighted by Crippen LogP contribution is -2.41.